The van der Waals surface area contributed by atoms with E-state index in [4.69, 9.17) is 0 Å². The van der Waals surface area contributed by atoms with Gasteiger partial charge in [-0.2, -0.15) is 0 Å². The number of hydrogen-bond donors (Lipinski definition) is 2. The molecule has 2 aliphatic rings. The van der Waals surface area contributed by atoms with Gasteiger partial charge in [0.1, 0.15) is 0 Å². The molecule has 4 rings (SSSR count). The molecule has 3 atom stereocenters. The van der Waals surface area contributed by atoms with E-state index >= 15 is 0 Å². The fourth-order valence-electron chi connectivity index (χ4n) is 4.58. The van der Waals surface area contributed by atoms with Crippen molar-refractivity contribution in [3.63, 3.8) is 0 Å². The minimum absolute atomic E-state index is 0.140. The molecule has 0 heterocycles. The van der Waals surface area contributed by atoms with Crippen molar-refractivity contribution in [3.8, 4) is 0 Å². The summed E-state index contributed by atoms with van der Waals surface area (Å²) in [6.07, 6.45) is 6.33. The van der Waals surface area contributed by atoms with Crippen LogP contribution in [0.1, 0.15) is 55.6 Å². The van der Waals surface area contributed by atoms with Crippen LogP contribution in [0, 0.1) is 0 Å². The van der Waals surface area contributed by atoms with Crippen molar-refractivity contribution < 1.29 is 9.59 Å². The molecule has 0 fully saturated rings. The molecule has 4 nitrogen and oxygen atoms in total. The first-order valence-electron chi connectivity index (χ1n) is 11.1. The van der Waals surface area contributed by atoms with Gasteiger partial charge in [-0.25, -0.2) is 0 Å². The number of carbonyl (C=O) groups excluding carboxylic acids is 2. The topological polar surface area (TPSA) is 58.2 Å². The van der Waals surface area contributed by atoms with Crippen molar-refractivity contribution in [2.75, 3.05) is 6.54 Å². The van der Waals surface area contributed by atoms with Gasteiger partial charge >= 0.3 is 0 Å². The molecule has 0 saturated heterocycles. The summed E-state index contributed by atoms with van der Waals surface area (Å²) in [5.74, 6) is 0.810. The molecule has 0 spiro atoms. The molecule has 2 aromatic rings. The second-order valence-corrected chi connectivity index (χ2v) is 8.73. The molecule has 31 heavy (non-hydrogen) atoms. The average molecular weight is 415 g/mol. The number of hydrogen-bond acceptors (Lipinski definition) is 4. The lowest BCUT2D eigenvalue weighted by molar-refractivity contribution is -0.116. The standard InChI is InChI=1S/C27H30N2O2/c1-19(29-25-13-23(15-27(31)17-25)21-10-6-3-7-11-21)18-28-24-12-22(14-26(30)16-24)20-8-4-2-5-9-20/h2-11,16-17,19,22-23,28-29H,12-15,18H2,1H3. The zero-order valence-corrected chi connectivity index (χ0v) is 18.0. The molecule has 0 aromatic heterocycles. The van der Waals surface area contributed by atoms with Crippen LogP contribution in [0.25, 0.3) is 0 Å². The van der Waals surface area contributed by atoms with Crippen LogP contribution in [0.3, 0.4) is 0 Å². The molecule has 4 heteroatoms. The monoisotopic (exact) mass is 414 g/mol. The third kappa shape index (κ3) is 5.72. The second-order valence-electron chi connectivity index (χ2n) is 8.73. The molecule has 0 radical (unpaired) electrons. The predicted molar refractivity (Wildman–Crippen MR) is 124 cm³/mol. The molecular weight excluding hydrogens is 384 g/mol. The van der Waals surface area contributed by atoms with E-state index in [-0.39, 0.29) is 29.4 Å². The van der Waals surface area contributed by atoms with Gasteiger partial charge in [0.2, 0.25) is 0 Å². The van der Waals surface area contributed by atoms with Crippen molar-refractivity contribution in [2.24, 2.45) is 0 Å². The molecule has 160 valence electrons. The van der Waals surface area contributed by atoms with Crippen molar-refractivity contribution in [1.29, 1.82) is 0 Å². The van der Waals surface area contributed by atoms with Gasteiger partial charge in [-0.3, -0.25) is 9.59 Å². The molecule has 2 aliphatic carbocycles. The Bertz CT molecular complexity index is 979. The molecule has 2 N–H and O–H groups in total. The second kappa shape index (κ2) is 9.78. The highest BCUT2D eigenvalue weighted by Crippen LogP contribution is 2.31. The Morgan fingerprint density at radius 3 is 1.77 bits per heavy atom. The SMILES string of the molecule is CC(CNC1=CC(=O)CC(c2ccccc2)C1)NC1=CC(=O)CC(c2ccccc2)C1. The Kier molecular flexibility index (Phi) is 6.66. The Morgan fingerprint density at radius 2 is 1.23 bits per heavy atom. The highest BCUT2D eigenvalue weighted by molar-refractivity contribution is 5.92. The molecule has 0 amide bonds. The fourth-order valence-corrected chi connectivity index (χ4v) is 4.58. The van der Waals surface area contributed by atoms with Gasteiger partial charge in [0, 0.05) is 49.0 Å². The summed E-state index contributed by atoms with van der Waals surface area (Å²) < 4.78 is 0. The lowest BCUT2D eigenvalue weighted by Gasteiger charge is -2.28. The summed E-state index contributed by atoms with van der Waals surface area (Å²) in [4.78, 5) is 24.5. The molecule has 2 aromatic carbocycles. The van der Waals surface area contributed by atoms with E-state index in [2.05, 4.69) is 41.8 Å². The van der Waals surface area contributed by atoms with Crippen LogP contribution in [0.15, 0.2) is 84.2 Å². The molecule has 3 unspecified atom stereocenters. The maximum Gasteiger partial charge on any atom is 0.158 e. The van der Waals surface area contributed by atoms with E-state index in [9.17, 15) is 9.59 Å². The van der Waals surface area contributed by atoms with Gasteiger partial charge in [-0.05, 0) is 42.7 Å². The van der Waals surface area contributed by atoms with Crippen molar-refractivity contribution in [3.05, 3.63) is 95.3 Å². The largest absolute Gasteiger partial charge is 0.386 e. The summed E-state index contributed by atoms with van der Waals surface area (Å²) in [7, 11) is 0. The van der Waals surface area contributed by atoms with Gasteiger partial charge in [-0.1, -0.05) is 60.7 Å². The van der Waals surface area contributed by atoms with Crippen LogP contribution in [0.4, 0.5) is 0 Å². The van der Waals surface area contributed by atoms with E-state index in [1.54, 1.807) is 12.2 Å². The van der Waals surface area contributed by atoms with Crippen LogP contribution in [0.5, 0.6) is 0 Å². The van der Waals surface area contributed by atoms with Crippen LogP contribution in [-0.2, 0) is 9.59 Å². The lowest BCUT2D eigenvalue weighted by Crippen LogP contribution is -2.37. The van der Waals surface area contributed by atoms with Crippen LogP contribution in [-0.4, -0.2) is 24.2 Å². The van der Waals surface area contributed by atoms with Crippen LogP contribution >= 0.6 is 0 Å². The van der Waals surface area contributed by atoms with Gasteiger partial charge in [0.05, 0.1) is 0 Å². The van der Waals surface area contributed by atoms with E-state index in [0.717, 1.165) is 24.2 Å². The van der Waals surface area contributed by atoms with Gasteiger partial charge < -0.3 is 10.6 Å². The smallest absolute Gasteiger partial charge is 0.158 e. The first kappa shape index (κ1) is 21.1. The van der Waals surface area contributed by atoms with Crippen molar-refractivity contribution in [2.45, 2.75) is 50.5 Å². The highest BCUT2D eigenvalue weighted by atomic mass is 16.1. The molecule has 0 bridgehead atoms. The summed E-state index contributed by atoms with van der Waals surface area (Å²) in [5.41, 5.74) is 4.42. The van der Waals surface area contributed by atoms with Crippen LogP contribution in [0.2, 0.25) is 0 Å². The molecule has 0 saturated carbocycles. The molecule has 0 aliphatic heterocycles. The van der Waals surface area contributed by atoms with Gasteiger partial charge in [-0.15, -0.1) is 0 Å². The quantitative estimate of drug-likeness (QED) is 0.694. The first-order chi connectivity index (χ1) is 15.1. The fraction of sp³-hybridized carbons (Fsp3) is 0.333. The number of carbonyl (C=O) groups is 2. The number of nitrogens with one attached hydrogen (secondary N) is 2. The number of rotatable bonds is 7. The zero-order valence-electron chi connectivity index (χ0n) is 18.0. The first-order valence-corrected chi connectivity index (χ1v) is 11.1. The summed E-state index contributed by atoms with van der Waals surface area (Å²) in [6.45, 7) is 2.80. The number of ketones is 2. The maximum absolute atomic E-state index is 12.3. The van der Waals surface area contributed by atoms with E-state index in [0.29, 0.717) is 19.4 Å². The summed E-state index contributed by atoms with van der Waals surface area (Å²) in [6, 6.07) is 20.7. The Hall–Kier alpha value is -3.14. The van der Waals surface area contributed by atoms with Gasteiger partial charge in [0.25, 0.3) is 0 Å². The third-order valence-electron chi connectivity index (χ3n) is 6.11. The minimum Gasteiger partial charge on any atom is -0.386 e. The Morgan fingerprint density at radius 1 is 0.742 bits per heavy atom. The van der Waals surface area contributed by atoms with E-state index in [1.807, 2.05) is 36.4 Å². The lowest BCUT2D eigenvalue weighted by atomic mass is 9.85. The Labute approximate surface area is 184 Å². The van der Waals surface area contributed by atoms with Crippen molar-refractivity contribution >= 4 is 11.6 Å². The highest BCUT2D eigenvalue weighted by Gasteiger charge is 2.24. The summed E-state index contributed by atoms with van der Waals surface area (Å²) in [5, 5.41) is 6.97. The number of allylic oxidation sites excluding steroid dienone is 4. The van der Waals surface area contributed by atoms with E-state index < -0.39 is 0 Å². The minimum atomic E-state index is 0.140. The maximum atomic E-state index is 12.3. The Balaban J connectivity index is 1.32. The summed E-state index contributed by atoms with van der Waals surface area (Å²) >= 11 is 0. The molecular formula is C27H30N2O2. The third-order valence-corrected chi connectivity index (χ3v) is 6.11. The van der Waals surface area contributed by atoms with Crippen molar-refractivity contribution in [1.82, 2.24) is 10.6 Å². The average Bonchev–Trinajstić information content (AvgIpc) is 2.78. The number of benzene rings is 2. The zero-order chi connectivity index (χ0) is 21.6. The predicted octanol–water partition coefficient (Wildman–Crippen LogP) is 4.62. The van der Waals surface area contributed by atoms with Crippen LogP contribution < -0.4 is 10.6 Å². The van der Waals surface area contributed by atoms with Gasteiger partial charge in [0.15, 0.2) is 11.6 Å². The van der Waals surface area contributed by atoms with E-state index in [1.165, 1.54) is 11.1 Å². The normalized spacial score (nSPS) is 22.4.